The smallest absolute Gasteiger partial charge is 0.276 e. The summed E-state index contributed by atoms with van der Waals surface area (Å²) in [5.41, 5.74) is 3.34. The van der Waals surface area contributed by atoms with Gasteiger partial charge in [0.25, 0.3) is 5.91 Å². The van der Waals surface area contributed by atoms with Crippen LogP contribution in [0.2, 0.25) is 0 Å². The molecule has 140 valence electrons. The van der Waals surface area contributed by atoms with Crippen molar-refractivity contribution in [1.82, 2.24) is 25.2 Å². The van der Waals surface area contributed by atoms with E-state index in [1.54, 1.807) is 4.68 Å². The summed E-state index contributed by atoms with van der Waals surface area (Å²) in [5.74, 6) is -0.0253. The Morgan fingerprint density at radius 2 is 1.92 bits per heavy atom. The Hall–Kier alpha value is -1.92. The molecule has 0 saturated carbocycles. The lowest BCUT2D eigenvalue weighted by atomic mass is 9.98. The summed E-state index contributed by atoms with van der Waals surface area (Å²) >= 11 is 0. The number of benzene rings is 1. The highest BCUT2D eigenvalue weighted by Crippen LogP contribution is 2.30. The second-order valence-electron chi connectivity index (χ2n) is 7.45. The van der Waals surface area contributed by atoms with E-state index in [0.29, 0.717) is 17.8 Å². The third kappa shape index (κ3) is 3.35. The molecule has 3 heterocycles. The van der Waals surface area contributed by atoms with Gasteiger partial charge < -0.3 is 10.2 Å². The van der Waals surface area contributed by atoms with Gasteiger partial charge in [-0.05, 0) is 57.2 Å². The number of piperidine rings is 1. The van der Waals surface area contributed by atoms with Crippen LogP contribution in [0.1, 0.15) is 47.4 Å². The van der Waals surface area contributed by atoms with Crippen molar-refractivity contribution in [2.24, 2.45) is 0 Å². The quantitative estimate of drug-likeness (QED) is 0.895. The number of aromatic nitrogens is 3. The van der Waals surface area contributed by atoms with Gasteiger partial charge >= 0.3 is 0 Å². The third-order valence-electron chi connectivity index (χ3n) is 5.66. The fourth-order valence-corrected chi connectivity index (χ4v) is 4.21. The zero-order valence-corrected chi connectivity index (χ0v) is 16.3. The molecule has 1 aromatic carbocycles. The molecule has 0 spiro atoms. The molecule has 2 fully saturated rings. The van der Waals surface area contributed by atoms with Crippen LogP contribution in [0, 0.1) is 13.8 Å². The van der Waals surface area contributed by atoms with Crippen LogP contribution < -0.4 is 5.32 Å². The Balaban J connectivity index is 0.00000196. The summed E-state index contributed by atoms with van der Waals surface area (Å²) in [6, 6.07) is 9.47. The second-order valence-corrected chi connectivity index (χ2v) is 7.45. The van der Waals surface area contributed by atoms with E-state index in [-0.39, 0.29) is 24.4 Å². The molecule has 2 aliphatic heterocycles. The number of nitrogens with zero attached hydrogens (tertiary/aromatic N) is 4. The number of fused-ring (bicyclic) bond motifs is 2. The Bertz CT molecular complexity index is 793. The first-order valence-corrected chi connectivity index (χ1v) is 9.05. The van der Waals surface area contributed by atoms with Crippen molar-refractivity contribution in [3.05, 3.63) is 41.2 Å². The maximum Gasteiger partial charge on any atom is 0.276 e. The number of aryl methyl sites for hydroxylation is 1. The molecule has 2 atom stereocenters. The Morgan fingerprint density at radius 1 is 1.23 bits per heavy atom. The summed E-state index contributed by atoms with van der Waals surface area (Å²) < 4.78 is 1.75. The van der Waals surface area contributed by atoms with Gasteiger partial charge in [0.05, 0.1) is 11.4 Å². The molecule has 7 heteroatoms. The van der Waals surface area contributed by atoms with Gasteiger partial charge in [0.2, 0.25) is 0 Å². The highest BCUT2D eigenvalue weighted by molar-refractivity contribution is 5.93. The van der Waals surface area contributed by atoms with Gasteiger partial charge in [-0.3, -0.25) is 4.79 Å². The SMILES string of the molecule is Cc1cccc(-n2nnc(C(=O)N(C)C3CC4CCC(C3)N4)c2C)c1.Cl. The maximum atomic E-state index is 13.0. The minimum Gasteiger partial charge on any atom is -0.337 e. The van der Waals surface area contributed by atoms with Crippen LogP contribution in [0.3, 0.4) is 0 Å². The molecule has 1 N–H and O–H groups in total. The zero-order chi connectivity index (χ0) is 17.6. The Morgan fingerprint density at radius 3 is 2.58 bits per heavy atom. The monoisotopic (exact) mass is 375 g/mol. The first-order valence-electron chi connectivity index (χ1n) is 9.05. The highest BCUT2D eigenvalue weighted by Gasteiger charge is 2.37. The lowest BCUT2D eigenvalue weighted by Gasteiger charge is -2.35. The topological polar surface area (TPSA) is 63.1 Å². The van der Waals surface area contributed by atoms with E-state index in [1.807, 2.05) is 50.1 Å². The van der Waals surface area contributed by atoms with Crippen molar-refractivity contribution >= 4 is 18.3 Å². The van der Waals surface area contributed by atoms with Crippen LogP contribution in [-0.4, -0.2) is 51.0 Å². The number of halogens is 1. The van der Waals surface area contributed by atoms with Gasteiger partial charge in [-0.1, -0.05) is 17.3 Å². The summed E-state index contributed by atoms with van der Waals surface area (Å²) in [6.07, 6.45) is 4.52. The van der Waals surface area contributed by atoms with E-state index in [1.165, 1.54) is 12.8 Å². The molecule has 2 aromatic rings. The largest absolute Gasteiger partial charge is 0.337 e. The molecule has 2 bridgehead atoms. The minimum absolute atomic E-state index is 0. The van der Waals surface area contributed by atoms with E-state index >= 15 is 0 Å². The summed E-state index contributed by atoms with van der Waals surface area (Å²) in [7, 11) is 1.91. The van der Waals surface area contributed by atoms with Gasteiger partial charge in [0.15, 0.2) is 5.69 Å². The van der Waals surface area contributed by atoms with Crippen molar-refractivity contribution in [1.29, 1.82) is 0 Å². The molecular formula is C19H26ClN5O. The minimum atomic E-state index is -0.0253. The number of hydrogen-bond acceptors (Lipinski definition) is 4. The normalized spacial score (nSPS) is 24.2. The average Bonchev–Trinajstić information content (AvgIpc) is 3.15. The van der Waals surface area contributed by atoms with Gasteiger partial charge in [-0.2, -0.15) is 0 Å². The molecule has 0 aliphatic carbocycles. The Labute approximate surface area is 160 Å². The summed E-state index contributed by atoms with van der Waals surface area (Å²) in [4.78, 5) is 14.9. The van der Waals surface area contributed by atoms with Crippen LogP contribution >= 0.6 is 12.4 Å². The molecule has 2 saturated heterocycles. The fraction of sp³-hybridized carbons (Fsp3) is 0.526. The van der Waals surface area contributed by atoms with Crippen LogP contribution in [-0.2, 0) is 0 Å². The molecule has 6 nitrogen and oxygen atoms in total. The van der Waals surface area contributed by atoms with E-state index < -0.39 is 0 Å². The number of rotatable bonds is 3. The maximum absolute atomic E-state index is 13.0. The predicted molar refractivity (Wildman–Crippen MR) is 103 cm³/mol. The van der Waals surface area contributed by atoms with Crippen LogP contribution in [0.25, 0.3) is 5.69 Å². The van der Waals surface area contributed by atoms with E-state index in [2.05, 4.69) is 15.6 Å². The van der Waals surface area contributed by atoms with Gasteiger partial charge in [-0.25, -0.2) is 4.68 Å². The number of nitrogens with one attached hydrogen (secondary N) is 1. The van der Waals surface area contributed by atoms with Gasteiger partial charge in [-0.15, -0.1) is 17.5 Å². The molecule has 0 radical (unpaired) electrons. The number of amides is 1. The average molecular weight is 376 g/mol. The molecule has 2 unspecified atom stereocenters. The molecule has 4 rings (SSSR count). The summed E-state index contributed by atoms with van der Waals surface area (Å²) in [6.45, 7) is 3.95. The fourth-order valence-electron chi connectivity index (χ4n) is 4.21. The van der Waals surface area contributed by atoms with Gasteiger partial charge in [0, 0.05) is 25.2 Å². The first-order chi connectivity index (χ1) is 12.0. The van der Waals surface area contributed by atoms with Crippen LogP contribution in [0.15, 0.2) is 24.3 Å². The molecule has 1 aromatic heterocycles. The standard InChI is InChI=1S/C19H25N5O.ClH/c1-12-5-4-6-16(9-12)24-13(2)18(21-22-24)19(25)23(3)17-10-14-7-8-15(11-17)20-14;/h4-6,9,14-15,17,20H,7-8,10-11H2,1-3H3;1H. The second kappa shape index (κ2) is 7.37. The third-order valence-corrected chi connectivity index (χ3v) is 5.66. The lowest BCUT2D eigenvalue weighted by Crippen LogP contribution is -2.48. The molecule has 1 amide bonds. The molecular weight excluding hydrogens is 350 g/mol. The molecule has 26 heavy (non-hydrogen) atoms. The number of carbonyl (C=O) groups is 1. The van der Waals surface area contributed by atoms with Crippen molar-refractivity contribution in [2.45, 2.75) is 57.7 Å². The first kappa shape index (κ1) is 18.9. The number of hydrogen-bond donors (Lipinski definition) is 1. The van der Waals surface area contributed by atoms with Crippen molar-refractivity contribution in [3.63, 3.8) is 0 Å². The van der Waals surface area contributed by atoms with Crippen molar-refractivity contribution < 1.29 is 4.79 Å². The van der Waals surface area contributed by atoms with E-state index in [0.717, 1.165) is 29.8 Å². The predicted octanol–water partition coefficient (Wildman–Crippen LogP) is 2.66. The zero-order valence-electron chi connectivity index (χ0n) is 15.5. The van der Waals surface area contributed by atoms with Crippen molar-refractivity contribution in [3.8, 4) is 5.69 Å². The number of carbonyl (C=O) groups excluding carboxylic acids is 1. The Kier molecular flexibility index (Phi) is 5.34. The summed E-state index contributed by atoms with van der Waals surface area (Å²) in [5, 5.41) is 12.0. The van der Waals surface area contributed by atoms with E-state index in [9.17, 15) is 4.79 Å². The van der Waals surface area contributed by atoms with E-state index in [4.69, 9.17) is 0 Å². The highest BCUT2D eigenvalue weighted by atomic mass is 35.5. The molecule has 2 aliphatic rings. The van der Waals surface area contributed by atoms with Crippen LogP contribution in [0.5, 0.6) is 0 Å². The van der Waals surface area contributed by atoms with Crippen LogP contribution in [0.4, 0.5) is 0 Å². The van der Waals surface area contributed by atoms with Crippen molar-refractivity contribution in [2.75, 3.05) is 7.05 Å². The van der Waals surface area contributed by atoms with Gasteiger partial charge in [0.1, 0.15) is 0 Å². The lowest BCUT2D eigenvalue weighted by molar-refractivity contribution is 0.0675.